The molecule has 14 heavy (non-hydrogen) atoms. The minimum absolute atomic E-state index is 0.225. The van der Waals surface area contributed by atoms with Crippen molar-refractivity contribution >= 4 is 15.9 Å². The number of hydrogen-bond donors (Lipinski definition) is 1. The zero-order valence-electron chi connectivity index (χ0n) is 7.24. The van der Waals surface area contributed by atoms with Gasteiger partial charge in [0, 0.05) is 6.54 Å². The van der Waals surface area contributed by atoms with Crippen LogP contribution in [0.5, 0.6) is 0 Å². The SMILES string of the molecule is Fc1cccc(CNCC(F)F)c1Br. The molecule has 1 rings (SSSR count). The average Bonchev–Trinajstić information content (AvgIpc) is 2.12. The highest BCUT2D eigenvalue weighted by Gasteiger charge is 2.06. The van der Waals surface area contributed by atoms with Crippen molar-refractivity contribution in [3.8, 4) is 0 Å². The van der Waals surface area contributed by atoms with Crippen LogP contribution in [-0.4, -0.2) is 13.0 Å². The van der Waals surface area contributed by atoms with Gasteiger partial charge in [0.05, 0.1) is 11.0 Å². The van der Waals surface area contributed by atoms with E-state index in [0.29, 0.717) is 10.0 Å². The van der Waals surface area contributed by atoms with Crippen LogP contribution in [0.15, 0.2) is 22.7 Å². The third-order valence-electron chi connectivity index (χ3n) is 1.65. The smallest absolute Gasteiger partial charge is 0.250 e. The normalized spacial score (nSPS) is 10.9. The average molecular weight is 268 g/mol. The molecule has 5 heteroatoms. The summed E-state index contributed by atoms with van der Waals surface area (Å²) in [7, 11) is 0. The lowest BCUT2D eigenvalue weighted by atomic mass is 10.2. The van der Waals surface area contributed by atoms with Gasteiger partial charge >= 0.3 is 0 Å². The van der Waals surface area contributed by atoms with Crippen LogP contribution in [0.25, 0.3) is 0 Å². The minimum atomic E-state index is -2.39. The molecule has 0 atom stereocenters. The molecule has 0 saturated heterocycles. The van der Waals surface area contributed by atoms with Crippen molar-refractivity contribution in [2.75, 3.05) is 6.54 Å². The molecule has 0 bridgehead atoms. The van der Waals surface area contributed by atoms with E-state index in [1.165, 1.54) is 6.07 Å². The van der Waals surface area contributed by atoms with Crippen molar-refractivity contribution in [3.63, 3.8) is 0 Å². The molecule has 0 heterocycles. The summed E-state index contributed by atoms with van der Waals surface area (Å²) in [6.45, 7) is -0.161. The zero-order valence-corrected chi connectivity index (χ0v) is 8.82. The van der Waals surface area contributed by atoms with Crippen LogP contribution in [0.3, 0.4) is 0 Å². The summed E-state index contributed by atoms with van der Waals surface area (Å²) in [6.07, 6.45) is -2.39. The van der Waals surface area contributed by atoms with Gasteiger partial charge in [-0.2, -0.15) is 0 Å². The van der Waals surface area contributed by atoms with E-state index >= 15 is 0 Å². The van der Waals surface area contributed by atoms with Gasteiger partial charge in [-0.25, -0.2) is 13.2 Å². The molecule has 0 aliphatic rings. The second kappa shape index (κ2) is 5.36. The first kappa shape index (κ1) is 11.5. The van der Waals surface area contributed by atoms with E-state index in [4.69, 9.17) is 0 Å². The Hall–Kier alpha value is -0.550. The maximum atomic E-state index is 12.9. The molecule has 0 aliphatic carbocycles. The largest absolute Gasteiger partial charge is 0.307 e. The van der Waals surface area contributed by atoms with Gasteiger partial charge in [0.15, 0.2) is 0 Å². The van der Waals surface area contributed by atoms with Crippen LogP contribution in [0.2, 0.25) is 0 Å². The lowest BCUT2D eigenvalue weighted by molar-refractivity contribution is 0.145. The summed E-state index contributed by atoms with van der Waals surface area (Å²) in [5.74, 6) is -0.388. The number of alkyl halides is 2. The standard InChI is InChI=1S/C9H9BrF3N/c10-9-6(2-1-3-7(9)11)4-14-5-8(12)13/h1-3,8,14H,4-5H2. The molecule has 0 radical (unpaired) electrons. The van der Waals surface area contributed by atoms with Gasteiger partial charge in [-0.1, -0.05) is 12.1 Å². The highest BCUT2D eigenvalue weighted by atomic mass is 79.9. The van der Waals surface area contributed by atoms with Gasteiger partial charge in [0.2, 0.25) is 0 Å². The third kappa shape index (κ3) is 3.31. The van der Waals surface area contributed by atoms with E-state index in [2.05, 4.69) is 21.2 Å². The zero-order chi connectivity index (χ0) is 10.6. The lowest BCUT2D eigenvalue weighted by Crippen LogP contribution is -2.20. The fourth-order valence-electron chi connectivity index (χ4n) is 1.00. The van der Waals surface area contributed by atoms with Crippen LogP contribution in [0.1, 0.15) is 5.56 Å². The molecule has 0 saturated carbocycles. The molecule has 0 aromatic heterocycles. The molecule has 0 fully saturated rings. The molecule has 1 N–H and O–H groups in total. The summed E-state index contributed by atoms with van der Waals surface area (Å²) >= 11 is 3.04. The number of nitrogens with one attached hydrogen (secondary N) is 1. The molecule has 78 valence electrons. The first-order valence-corrected chi connectivity index (χ1v) is 4.82. The quantitative estimate of drug-likeness (QED) is 0.885. The van der Waals surface area contributed by atoms with Crippen molar-refractivity contribution in [3.05, 3.63) is 34.1 Å². The van der Waals surface area contributed by atoms with Gasteiger partial charge in [-0.15, -0.1) is 0 Å². The van der Waals surface area contributed by atoms with E-state index in [9.17, 15) is 13.2 Å². The van der Waals surface area contributed by atoms with Gasteiger partial charge < -0.3 is 5.32 Å². The van der Waals surface area contributed by atoms with Crippen molar-refractivity contribution in [2.24, 2.45) is 0 Å². The summed E-state index contributed by atoms with van der Waals surface area (Å²) in [6, 6.07) is 4.52. The molecule has 0 amide bonds. The van der Waals surface area contributed by atoms with E-state index in [-0.39, 0.29) is 18.9 Å². The predicted octanol–water partition coefficient (Wildman–Crippen LogP) is 2.94. The van der Waals surface area contributed by atoms with Gasteiger partial charge in [0.25, 0.3) is 6.43 Å². The van der Waals surface area contributed by atoms with Gasteiger partial charge in [-0.3, -0.25) is 0 Å². The second-order valence-corrected chi connectivity index (χ2v) is 3.53. The number of hydrogen-bond acceptors (Lipinski definition) is 1. The van der Waals surface area contributed by atoms with E-state index < -0.39 is 6.43 Å². The van der Waals surface area contributed by atoms with Crippen molar-refractivity contribution in [2.45, 2.75) is 13.0 Å². The predicted molar refractivity (Wildman–Crippen MR) is 51.8 cm³/mol. The molecule has 0 unspecified atom stereocenters. The van der Waals surface area contributed by atoms with E-state index in [1.807, 2.05) is 0 Å². The Balaban J connectivity index is 2.54. The maximum absolute atomic E-state index is 12.9. The Morgan fingerprint density at radius 3 is 2.71 bits per heavy atom. The minimum Gasteiger partial charge on any atom is -0.307 e. The van der Waals surface area contributed by atoms with Crippen LogP contribution in [0.4, 0.5) is 13.2 Å². The summed E-state index contributed by atoms with van der Waals surface area (Å²) in [5, 5.41) is 2.52. The Labute approximate surface area is 88.4 Å². The number of halogens is 4. The van der Waals surface area contributed by atoms with Crippen molar-refractivity contribution in [1.82, 2.24) is 5.32 Å². The molecule has 1 aromatic rings. The third-order valence-corrected chi connectivity index (χ3v) is 2.53. The Morgan fingerprint density at radius 2 is 2.07 bits per heavy atom. The molecule has 0 aliphatic heterocycles. The van der Waals surface area contributed by atoms with Gasteiger partial charge in [0.1, 0.15) is 5.82 Å². The van der Waals surface area contributed by atoms with E-state index in [1.54, 1.807) is 12.1 Å². The Kier molecular flexibility index (Phi) is 4.41. The summed E-state index contributed by atoms with van der Waals surface area (Å²) < 4.78 is 36.8. The molecule has 1 aromatic carbocycles. The van der Waals surface area contributed by atoms with Gasteiger partial charge in [-0.05, 0) is 27.6 Å². The Bertz CT molecular complexity index is 304. The van der Waals surface area contributed by atoms with Crippen LogP contribution in [-0.2, 0) is 6.54 Å². The molecule has 0 spiro atoms. The van der Waals surface area contributed by atoms with E-state index in [0.717, 1.165) is 0 Å². The van der Waals surface area contributed by atoms with Crippen molar-refractivity contribution < 1.29 is 13.2 Å². The number of benzene rings is 1. The highest BCUT2D eigenvalue weighted by Crippen LogP contribution is 2.19. The Morgan fingerprint density at radius 1 is 1.36 bits per heavy atom. The molecular weight excluding hydrogens is 259 g/mol. The highest BCUT2D eigenvalue weighted by molar-refractivity contribution is 9.10. The monoisotopic (exact) mass is 267 g/mol. The fraction of sp³-hybridized carbons (Fsp3) is 0.333. The van der Waals surface area contributed by atoms with Crippen LogP contribution >= 0.6 is 15.9 Å². The van der Waals surface area contributed by atoms with Crippen LogP contribution in [0, 0.1) is 5.82 Å². The first-order valence-electron chi connectivity index (χ1n) is 4.03. The lowest BCUT2D eigenvalue weighted by Gasteiger charge is -2.06. The summed E-state index contributed by atoms with van der Waals surface area (Å²) in [5.41, 5.74) is 0.630. The molecular formula is C9H9BrF3N. The fourth-order valence-corrected chi connectivity index (χ4v) is 1.41. The van der Waals surface area contributed by atoms with Crippen LogP contribution < -0.4 is 5.32 Å². The number of rotatable bonds is 4. The second-order valence-electron chi connectivity index (χ2n) is 2.73. The summed E-state index contributed by atoms with van der Waals surface area (Å²) in [4.78, 5) is 0. The maximum Gasteiger partial charge on any atom is 0.250 e. The topological polar surface area (TPSA) is 12.0 Å². The van der Waals surface area contributed by atoms with Crippen molar-refractivity contribution in [1.29, 1.82) is 0 Å². The molecule has 1 nitrogen and oxygen atoms in total. The first-order chi connectivity index (χ1) is 6.61.